The number of nitrogens with one attached hydrogen (secondary N) is 1. The number of hydrogen-bond donors (Lipinski definition) is 1. The lowest BCUT2D eigenvalue weighted by molar-refractivity contribution is 0.403. The molecule has 2 rings (SSSR count). The molecule has 0 saturated heterocycles. The molecule has 0 bridgehead atoms. The number of hydrogen-bond acceptors (Lipinski definition) is 1. The molecule has 15 heavy (non-hydrogen) atoms. The van der Waals surface area contributed by atoms with Crippen molar-refractivity contribution in [2.45, 2.75) is 38.8 Å². The summed E-state index contributed by atoms with van der Waals surface area (Å²) < 4.78 is 0. The van der Waals surface area contributed by atoms with Crippen LogP contribution in [0, 0.1) is 0 Å². The van der Waals surface area contributed by atoms with Gasteiger partial charge < -0.3 is 0 Å². The van der Waals surface area contributed by atoms with Crippen LogP contribution in [-0.2, 0) is 0 Å². The van der Waals surface area contributed by atoms with Crippen molar-refractivity contribution in [1.29, 1.82) is 0 Å². The first-order valence-corrected chi connectivity index (χ1v) is 5.49. The second kappa shape index (κ2) is 3.21. The van der Waals surface area contributed by atoms with Gasteiger partial charge in [-0.2, -0.15) is 0 Å². The van der Waals surface area contributed by atoms with Crippen molar-refractivity contribution in [3.8, 4) is 0 Å². The molecule has 1 aliphatic heterocycles. The highest BCUT2D eigenvalue weighted by atomic mass is 15.1. The fourth-order valence-corrected chi connectivity index (χ4v) is 2.51. The lowest BCUT2D eigenvalue weighted by Crippen LogP contribution is -2.45. The molecule has 0 aromatic heterocycles. The third-order valence-corrected chi connectivity index (χ3v) is 2.90. The summed E-state index contributed by atoms with van der Waals surface area (Å²) >= 11 is 0. The van der Waals surface area contributed by atoms with Gasteiger partial charge in [0.1, 0.15) is 0 Å². The first-order valence-electron chi connectivity index (χ1n) is 5.49. The van der Waals surface area contributed by atoms with Crippen LogP contribution in [0.4, 0.5) is 0 Å². The van der Waals surface area contributed by atoms with Crippen molar-refractivity contribution in [2.75, 3.05) is 0 Å². The predicted molar refractivity (Wildman–Crippen MR) is 65.7 cm³/mol. The van der Waals surface area contributed by atoms with Gasteiger partial charge in [0.25, 0.3) is 0 Å². The summed E-state index contributed by atoms with van der Waals surface area (Å²) in [4.78, 5) is 0. The average molecular weight is 201 g/mol. The Labute approximate surface area is 92.2 Å². The molecule has 1 heterocycles. The summed E-state index contributed by atoms with van der Waals surface area (Å²) in [7, 11) is 0. The Balaban J connectivity index is 2.45. The normalized spacial score (nSPS) is 22.5. The van der Waals surface area contributed by atoms with Gasteiger partial charge in [-0.15, -0.1) is 0 Å². The molecular formula is C14H19N. The first kappa shape index (κ1) is 10.4. The molecule has 1 aromatic carbocycles. The van der Waals surface area contributed by atoms with E-state index in [0.29, 0.717) is 0 Å². The van der Waals surface area contributed by atoms with E-state index >= 15 is 0 Å². The highest BCUT2D eigenvalue weighted by Crippen LogP contribution is 2.36. The van der Waals surface area contributed by atoms with Gasteiger partial charge in [0.05, 0.1) is 0 Å². The van der Waals surface area contributed by atoms with Gasteiger partial charge in [-0.1, -0.05) is 36.4 Å². The second-order valence-electron chi connectivity index (χ2n) is 5.40. The Bertz CT molecular complexity index is 385. The minimum Gasteiger partial charge on any atom is -0.299 e. The summed E-state index contributed by atoms with van der Waals surface area (Å²) in [5.74, 6) is 0. The smallest absolute Gasteiger partial charge is 0.0388 e. The van der Waals surface area contributed by atoms with Gasteiger partial charge in [0.15, 0.2) is 0 Å². The largest absolute Gasteiger partial charge is 0.299 e. The highest BCUT2D eigenvalue weighted by molar-refractivity contribution is 5.76. The Morgan fingerprint density at radius 2 is 1.53 bits per heavy atom. The van der Waals surface area contributed by atoms with Crippen LogP contribution in [0.3, 0.4) is 0 Å². The predicted octanol–water partition coefficient (Wildman–Crippen LogP) is 3.23. The van der Waals surface area contributed by atoms with E-state index in [1.54, 1.807) is 0 Å². The van der Waals surface area contributed by atoms with E-state index in [9.17, 15) is 0 Å². The van der Waals surface area contributed by atoms with Crippen LogP contribution in [0.2, 0.25) is 0 Å². The minimum absolute atomic E-state index is 0.0604. The van der Waals surface area contributed by atoms with Crippen LogP contribution >= 0.6 is 0 Å². The summed E-state index contributed by atoms with van der Waals surface area (Å²) in [6, 6.07) is 10.6. The van der Waals surface area contributed by atoms with E-state index in [1.807, 2.05) is 0 Å². The maximum Gasteiger partial charge on any atom is 0.0388 e. The third kappa shape index (κ3) is 1.98. The molecule has 1 nitrogen and oxygen atoms in total. The van der Waals surface area contributed by atoms with E-state index in [2.05, 4.69) is 69.4 Å². The van der Waals surface area contributed by atoms with Crippen LogP contribution < -0.4 is 5.32 Å². The molecule has 1 N–H and O–H groups in total. The van der Waals surface area contributed by atoms with Crippen molar-refractivity contribution in [1.82, 2.24) is 5.32 Å². The van der Waals surface area contributed by atoms with Gasteiger partial charge in [0.2, 0.25) is 0 Å². The molecule has 80 valence electrons. The summed E-state index contributed by atoms with van der Waals surface area (Å²) in [5.41, 5.74) is 2.87. The molecule has 0 radical (unpaired) electrons. The number of rotatable bonds is 1. The Kier molecular flexibility index (Phi) is 2.23. The van der Waals surface area contributed by atoms with E-state index in [0.717, 1.165) is 0 Å². The molecule has 0 amide bonds. The molecule has 1 heteroatoms. The Morgan fingerprint density at radius 1 is 0.933 bits per heavy atom. The third-order valence-electron chi connectivity index (χ3n) is 2.90. The maximum absolute atomic E-state index is 3.63. The van der Waals surface area contributed by atoms with Crippen molar-refractivity contribution < 1.29 is 0 Å². The second-order valence-corrected chi connectivity index (χ2v) is 5.40. The highest BCUT2D eigenvalue weighted by Gasteiger charge is 2.36. The standard InChI is InChI=1S/C14H19N/c1-13(2)10-12(14(3,4)15-13)11-8-6-5-7-9-11/h5-10,15H,1-4H3. The molecule has 0 atom stereocenters. The van der Waals surface area contributed by atoms with E-state index in [4.69, 9.17) is 0 Å². The molecule has 1 aromatic rings. The van der Waals surface area contributed by atoms with Gasteiger partial charge in [0, 0.05) is 11.1 Å². The summed E-state index contributed by atoms with van der Waals surface area (Å²) in [5, 5.41) is 3.63. The average Bonchev–Trinajstić information content (AvgIpc) is 2.36. The van der Waals surface area contributed by atoms with Crippen LogP contribution in [0.5, 0.6) is 0 Å². The maximum atomic E-state index is 3.63. The summed E-state index contributed by atoms with van der Waals surface area (Å²) in [6.07, 6.45) is 2.34. The molecule has 0 saturated carbocycles. The zero-order valence-electron chi connectivity index (χ0n) is 9.96. The van der Waals surface area contributed by atoms with E-state index in [1.165, 1.54) is 11.1 Å². The molecule has 0 fully saturated rings. The van der Waals surface area contributed by atoms with Gasteiger partial charge >= 0.3 is 0 Å². The topological polar surface area (TPSA) is 12.0 Å². The number of benzene rings is 1. The molecule has 0 spiro atoms. The summed E-state index contributed by atoms with van der Waals surface area (Å²) in [6.45, 7) is 8.90. The van der Waals surface area contributed by atoms with Crippen molar-refractivity contribution >= 4 is 5.57 Å². The molecule has 1 aliphatic rings. The van der Waals surface area contributed by atoms with Crippen molar-refractivity contribution in [3.63, 3.8) is 0 Å². The fourth-order valence-electron chi connectivity index (χ4n) is 2.51. The monoisotopic (exact) mass is 201 g/mol. The van der Waals surface area contributed by atoms with Crippen LogP contribution in [0.1, 0.15) is 33.3 Å². The fraction of sp³-hybridized carbons (Fsp3) is 0.429. The zero-order chi connectivity index (χ0) is 11.1. The van der Waals surface area contributed by atoms with Crippen molar-refractivity contribution in [3.05, 3.63) is 42.0 Å². The van der Waals surface area contributed by atoms with E-state index < -0.39 is 0 Å². The van der Waals surface area contributed by atoms with Gasteiger partial charge in [-0.05, 0) is 38.8 Å². The van der Waals surface area contributed by atoms with Crippen LogP contribution in [0.25, 0.3) is 5.57 Å². The molecule has 0 unspecified atom stereocenters. The van der Waals surface area contributed by atoms with Gasteiger partial charge in [-0.3, -0.25) is 5.32 Å². The first-order chi connectivity index (χ1) is 6.91. The lowest BCUT2D eigenvalue weighted by Gasteiger charge is -2.28. The zero-order valence-corrected chi connectivity index (χ0v) is 9.96. The Morgan fingerprint density at radius 3 is 2.00 bits per heavy atom. The quantitative estimate of drug-likeness (QED) is 0.735. The van der Waals surface area contributed by atoms with E-state index in [-0.39, 0.29) is 11.1 Å². The minimum atomic E-state index is 0.0604. The van der Waals surface area contributed by atoms with Gasteiger partial charge in [-0.25, -0.2) is 0 Å². The Hall–Kier alpha value is -1.08. The van der Waals surface area contributed by atoms with Crippen LogP contribution in [0.15, 0.2) is 36.4 Å². The lowest BCUT2D eigenvalue weighted by atomic mass is 9.90. The molecule has 0 aliphatic carbocycles. The SMILES string of the molecule is CC1(C)C=C(c2ccccc2)C(C)(C)N1. The van der Waals surface area contributed by atoms with Crippen LogP contribution in [-0.4, -0.2) is 11.1 Å². The van der Waals surface area contributed by atoms with Crippen molar-refractivity contribution in [2.24, 2.45) is 0 Å². The molecular weight excluding hydrogens is 182 g/mol.